The molecule has 0 aliphatic carbocycles. The number of halogens is 4. The zero-order valence-corrected chi connectivity index (χ0v) is 79.2. The van der Waals surface area contributed by atoms with Gasteiger partial charge in [-0.15, -0.1) is 0 Å². The van der Waals surface area contributed by atoms with Crippen molar-refractivity contribution in [1.82, 2.24) is 20.0 Å². The molecule has 2 atom stereocenters. The van der Waals surface area contributed by atoms with Crippen LogP contribution in [0, 0.1) is 13.3 Å². The zero-order chi connectivity index (χ0) is 75.9. The molecule has 3 N–H and O–H groups in total. The fraction of sp³-hybridized carbons (Fsp3) is 0.641. The Bertz CT molecular complexity index is 3230. The van der Waals surface area contributed by atoms with Gasteiger partial charge >= 0.3 is 119 Å². The van der Waals surface area contributed by atoms with Gasteiger partial charge in [0.05, 0.1) is 46.1 Å². The number of aryl methyl sites for hydroxylation is 1. The van der Waals surface area contributed by atoms with E-state index in [0.29, 0.717) is 72.6 Å². The van der Waals surface area contributed by atoms with Gasteiger partial charge in [0.15, 0.2) is 0 Å². The van der Waals surface area contributed by atoms with Crippen LogP contribution in [-0.2, 0) is 109 Å². The maximum absolute atomic E-state index is 13.3. The summed E-state index contributed by atoms with van der Waals surface area (Å²) in [5, 5.41) is 24.6. The Balaban J connectivity index is 0.000000824. The number of nitrogens with one attached hydrogen (secondary N) is 1. The number of para-hydroxylation sites is 4. The van der Waals surface area contributed by atoms with Gasteiger partial charge in [0.1, 0.15) is 45.1 Å². The van der Waals surface area contributed by atoms with Crippen molar-refractivity contribution in [3.8, 4) is 23.0 Å². The number of alkyl halides is 1. The molecule has 20 nitrogen and oxygen atoms in total. The zero-order valence-electron chi connectivity index (χ0n) is 66.7. The molecule has 0 spiro atoms. The van der Waals surface area contributed by atoms with Gasteiger partial charge in [-0.2, -0.15) is 0 Å². The summed E-state index contributed by atoms with van der Waals surface area (Å²) < 4.78 is 64.2. The van der Waals surface area contributed by atoms with Crippen molar-refractivity contribution in [2.45, 2.75) is 269 Å². The molecule has 8 rings (SSSR count). The minimum absolute atomic E-state index is 0. The van der Waals surface area contributed by atoms with E-state index in [1.165, 1.54) is 5.56 Å². The maximum Gasteiger partial charge on any atom is 1.00 e. The van der Waals surface area contributed by atoms with Crippen LogP contribution in [0.3, 0.4) is 0 Å². The summed E-state index contributed by atoms with van der Waals surface area (Å²) in [6.45, 7) is 47.8. The second-order valence-corrected chi connectivity index (χ2v) is 43.2. The summed E-state index contributed by atoms with van der Waals surface area (Å²) in [6, 6.07) is 24.9. The second-order valence-electron chi connectivity index (χ2n) is 30.9. The second kappa shape index (κ2) is 46.9. The van der Waals surface area contributed by atoms with Crippen LogP contribution in [-0.4, -0.2) is 152 Å². The SMILES string of the molecule is CC(C)(C)OC(=O)CBr.CC(C)(C)OC(=O)CN(Cc1cccc2c1OC(C)(C)OC2)CC(CO)N(CC(=O)OC(C)(C)C)Cc1cccc2c1OC(C)(C)OC2.CC1(C)OCc2cccc(CCC(CO)CNCc3cccc4c3OC(C)(C)OC4)c2O1.CCN(C(C)C)C(C)C.[CH3-].[I-].[I][V][I].[K+]. The van der Waals surface area contributed by atoms with E-state index in [1.54, 1.807) is 0 Å². The number of aliphatic hydroxyl groups is 2. The van der Waals surface area contributed by atoms with Crippen molar-refractivity contribution in [3.63, 3.8) is 0 Å². The van der Waals surface area contributed by atoms with Gasteiger partial charge in [0.2, 0.25) is 23.1 Å². The number of esters is 3. The molecular formula is C78H122BrI3KN4O16V-. The predicted molar refractivity (Wildman–Crippen MR) is 419 cm³/mol. The minimum Gasteiger partial charge on any atom is 1.00 e. The minimum atomic E-state index is -0.823. The summed E-state index contributed by atoms with van der Waals surface area (Å²) in [6.07, 6.45) is 1.72. The molecule has 585 valence electrons. The normalized spacial score (nSPS) is 16.2. The molecule has 0 saturated carbocycles. The molecule has 4 aliphatic rings. The van der Waals surface area contributed by atoms with Crippen LogP contribution in [0.2, 0.25) is 0 Å². The fourth-order valence-corrected chi connectivity index (χ4v) is 11.7. The van der Waals surface area contributed by atoms with E-state index in [-0.39, 0.29) is 145 Å². The van der Waals surface area contributed by atoms with Crippen molar-refractivity contribution in [3.05, 3.63) is 125 Å². The molecule has 4 heterocycles. The Morgan fingerprint density at radius 3 is 1.25 bits per heavy atom. The molecule has 0 radical (unpaired) electrons. The van der Waals surface area contributed by atoms with E-state index >= 15 is 0 Å². The molecular weight excluding hydrogens is 1800 g/mol. The summed E-state index contributed by atoms with van der Waals surface area (Å²) in [4.78, 5) is 43.4. The Kier molecular flexibility index (Phi) is 45.5. The molecule has 0 amide bonds. The molecule has 0 bridgehead atoms. The summed E-state index contributed by atoms with van der Waals surface area (Å²) in [5.41, 5.74) is 6.24. The van der Waals surface area contributed by atoms with Crippen LogP contribution >= 0.6 is 55.9 Å². The molecule has 0 aromatic heterocycles. The molecule has 0 saturated heterocycles. The third kappa shape index (κ3) is 37.1. The van der Waals surface area contributed by atoms with Gasteiger partial charge in [0, 0.05) is 152 Å². The predicted octanol–water partition coefficient (Wildman–Crippen LogP) is 9.71. The van der Waals surface area contributed by atoms with E-state index in [2.05, 4.69) is 119 Å². The quantitative estimate of drug-likeness (QED) is 0.0149. The third-order valence-corrected chi connectivity index (χ3v) is 16.4. The van der Waals surface area contributed by atoms with Crippen LogP contribution in [0.5, 0.6) is 23.0 Å². The molecule has 2 unspecified atom stereocenters. The van der Waals surface area contributed by atoms with Crippen molar-refractivity contribution >= 4 is 73.8 Å². The first kappa shape index (κ1) is 101. The van der Waals surface area contributed by atoms with Crippen LogP contribution in [0.25, 0.3) is 0 Å². The van der Waals surface area contributed by atoms with Gasteiger partial charge in [-0.05, 0) is 121 Å². The number of hydrogen-bond acceptors (Lipinski definition) is 20. The Labute approximate surface area is 721 Å². The molecule has 26 heteroatoms. The molecule has 4 aromatic carbocycles. The Morgan fingerprint density at radius 2 is 0.913 bits per heavy atom. The number of rotatable bonds is 24. The Morgan fingerprint density at radius 1 is 0.567 bits per heavy atom. The smallest absolute Gasteiger partial charge is 1.00 e. The van der Waals surface area contributed by atoms with Crippen LogP contribution < -0.4 is 99.6 Å². The number of hydrogen-bond donors (Lipinski definition) is 3. The molecule has 4 aliphatic heterocycles. The average molecular weight is 1920 g/mol. The number of nitrogens with zero attached hydrogens (tertiary/aromatic N) is 3. The average Bonchev–Trinajstić information content (AvgIpc) is 0.823. The number of ether oxygens (including phenoxy) is 11. The number of carbonyl (C=O) groups excluding carboxylic acids is 3. The van der Waals surface area contributed by atoms with Crippen LogP contribution in [0.1, 0.15) is 203 Å². The van der Waals surface area contributed by atoms with Crippen LogP contribution in [0.4, 0.5) is 0 Å². The van der Waals surface area contributed by atoms with Crippen molar-refractivity contribution < 1.29 is 162 Å². The Hall–Kier alpha value is -1.02. The van der Waals surface area contributed by atoms with E-state index in [1.807, 2.05) is 182 Å². The molecule has 0 fully saturated rings. The van der Waals surface area contributed by atoms with E-state index in [9.17, 15) is 24.6 Å². The molecule has 104 heavy (non-hydrogen) atoms. The monoisotopic (exact) mass is 1920 g/mol. The first-order chi connectivity index (χ1) is 46.9. The van der Waals surface area contributed by atoms with Gasteiger partial charge in [0.25, 0.3) is 0 Å². The number of carbonyl (C=O) groups is 3. The van der Waals surface area contributed by atoms with Gasteiger partial charge < -0.3 is 99.0 Å². The first-order valence-corrected chi connectivity index (χ1v) is 45.1. The standard InChI is InChI=1S/C37H54N2O9.C26H35NO5.C8H19N.C6H11BrO2.CH3.3HI.K.V/c1-34(2,3)45-30(41)20-38(17-25-13-11-15-27-23-43-36(7,8)47-32(25)27)19-29(22-40)39(21-31(42)46-35(4,5)6)18-26-14-12-16-28-24-44-37(9,10)48-33(26)28;1-25(2)29-16-21-9-5-7-19(23(21)31-25)12-11-18(15-28)13-27-14-20-8-6-10-22-17-30-26(3,4)32-24(20)22;1-6-9(7(2)3)8(4)5;1-6(2,3)9-5(8)4-7;;;;;;/h11-16,29,40H,17-24H2,1-10H3;5-10,18,27-28H,11-17H2,1-4H3;7-8H,6H2,1-5H3;4H2,1-3H3;1H3;3*1H;;/q;;;;-1;;;;+1;+2/p-3. The van der Waals surface area contributed by atoms with Gasteiger partial charge in [-0.1, -0.05) is 95.7 Å². The third-order valence-electron chi connectivity index (χ3n) is 15.9. The number of benzene rings is 4. The molecule has 4 aromatic rings. The van der Waals surface area contributed by atoms with Crippen molar-refractivity contribution in [2.24, 2.45) is 5.92 Å². The summed E-state index contributed by atoms with van der Waals surface area (Å²) >= 11 is 7.73. The van der Waals surface area contributed by atoms with Gasteiger partial charge in [-0.3, -0.25) is 29.1 Å². The maximum atomic E-state index is 13.3. The van der Waals surface area contributed by atoms with E-state index < -0.39 is 52.3 Å². The van der Waals surface area contributed by atoms with Gasteiger partial charge in [-0.25, -0.2) is 0 Å². The topological polar surface area (TPSA) is 215 Å². The number of aliphatic hydroxyl groups excluding tert-OH is 2. The first-order valence-electron chi connectivity index (χ1n) is 35.0. The van der Waals surface area contributed by atoms with Crippen molar-refractivity contribution in [1.29, 1.82) is 0 Å². The largest absolute Gasteiger partial charge is 1.00 e. The number of fused-ring (bicyclic) bond motifs is 4. The van der Waals surface area contributed by atoms with Crippen molar-refractivity contribution in [2.75, 3.05) is 51.3 Å². The summed E-state index contributed by atoms with van der Waals surface area (Å²) in [5.74, 6) is -0.506. The summed E-state index contributed by atoms with van der Waals surface area (Å²) in [7, 11) is 0.628. The van der Waals surface area contributed by atoms with E-state index in [0.717, 1.165) is 76.4 Å². The fourth-order valence-electron chi connectivity index (χ4n) is 11.6. The van der Waals surface area contributed by atoms with E-state index in [4.69, 9.17) is 52.1 Å². The van der Waals surface area contributed by atoms with Crippen LogP contribution in [0.15, 0.2) is 72.8 Å².